The Balaban J connectivity index is 2.02. The van der Waals surface area contributed by atoms with Crippen molar-refractivity contribution in [2.45, 2.75) is 26.3 Å². The smallest absolute Gasteiger partial charge is 0.406 e. The molecular formula is C19H18F3N5O3. The molecule has 158 valence electrons. The lowest BCUT2D eigenvalue weighted by molar-refractivity contribution is -0.274. The van der Waals surface area contributed by atoms with Gasteiger partial charge in [0.25, 0.3) is 5.91 Å². The fourth-order valence-corrected chi connectivity index (χ4v) is 2.57. The molecule has 0 bridgehead atoms. The molecule has 3 aromatic rings. The fourth-order valence-electron chi connectivity index (χ4n) is 2.57. The number of aliphatic hydroxyl groups is 1. The lowest BCUT2D eigenvalue weighted by atomic mass is 10.1. The minimum absolute atomic E-state index is 0.0277. The lowest BCUT2D eigenvalue weighted by Crippen LogP contribution is -2.35. The summed E-state index contributed by atoms with van der Waals surface area (Å²) in [5.41, 5.74) is 2.04. The number of aromatic nitrogens is 4. The minimum atomic E-state index is -4.80. The van der Waals surface area contributed by atoms with Crippen molar-refractivity contribution in [2.24, 2.45) is 0 Å². The highest BCUT2D eigenvalue weighted by atomic mass is 19.4. The van der Waals surface area contributed by atoms with Gasteiger partial charge in [0.1, 0.15) is 17.1 Å². The number of benzene rings is 1. The predicted octanol–water partition coefficient (Wildman–Crippen LogP) is 2.85. The van der Waals surface area contributed by atoms with Gasteiger partial charge in [0.05, 0.1) is 18.5 Å². The SMILES string of the molecule is Cc1cn[nH]c1-c1nc(C(=O)N[C@@H](C)CO)cc(-c2ccc(OC(F)(F)F)cc2)n1. The van der Waals surface area contributed by atoms with Crippen molar-refractivity contribution in [3.05, 3.63) is 47.8 Å². The molecule has 2 heterocycles. The van der Waals surface area contributed by atoms with E-state index < -0.39 is 18.3 Å². The van der Waals surface area contributed by atoms with Crippen LogP contribution in [0.3, 0.4) is 0 Å². The molecule has 8 nitrogen and oxygen atoms in total. The van der Waals surface area contributed by atoms with Crippen molar-refractivity contribution < 1.29 is 27.8 Å². The van der Waals surface area contributed by atoms with Crippen LogP contribution in [0.15, 0.2) is 36.5 Å². The van der Waals surface area contributed by atoms with Gasteiger partial charge >= 0.3 is 6.36 Å². The third kappa shape index (κ3) is 5.11. The molecule has 1 amide bonds. The second-order valence-electron chi connectivity index (χ2n) is 6.52. The van der Waals surface area contributed by atoms with Gasteiger partial charge in [-0.15, -0.1) is 13.2 Å². The molecule has 0 aliphatic carbocycles. The molecule has 3 rings (SSSR count). The Morgan fingerprint density at radius 3 is 2.53 bits per heavy atom. The second kappa shape index (κ2) is 8.49. The Morgan fingerprint density at radius 1 is 1.27 bits per heavy atom. The van der Waals surface area contributed by atoms with Crippen LogP contribution in [0.5, 0.6) is 5.75 Å². The molecule has 0 fully saturated rings. The van der Waals surface area contributed by atoms with E-state index in [0.29, 0.717) is 17.0 Å². The number of alkyl halides is 3. The van der Waals surface area contributed by atoms with Crippen molar-refractivity contribution in [2.75, 3.05) is 6.61 Å². The molecular weight excluding hydrogens is 403 g/mol. The Kier molecular flexibility index (Phi) is 6.01. The van der Waals surface area contributed by atoms with Gasteiger partial charge in [0, 0.05) is 11.6 Å². The zero-order valence-corrected chi connectivity index (χ0v) is 16.0. The largest absolute Gasteiger partial charge is 0.573 e. The normalized spacial score (nSPS) is 12.5. The summed E-state index contributed by atoms with van der Waals surface area (Å²) in [7, 11) is 0. The molecule has 11 heteroatoms. The van der Waals surface area contributed by atoms with Gasteiger partial charge < -0.3 is 15.2 Å². The number of hydrogen-bond donors (Lipinski definition) is 3. The first-order chi connectivity index (χ1) is 14.2. The number of carbonyl (C=O) groups excluding carboxylic acids is 1. The van der Waals surface area contributed by atoms with Crippen molar-refractivity contribution in [3.8, 4) is 28.5 Å². The van der Waals surface area contributed by atoms with E-state index >= 15 is 0 Å². The van der Waals surface area contributed by atoms with Gasteiger partial charge in [-0.25, -0.2) is 9.97 Å². The van der Waals surface area contributed by atoms with Crippen LogP contribution < -0.4 is 10.1 Å². The highest BCUT2D eigenvalue weighted by Crippen LogP contribution is 2.27. The van der Waals surface area contributed by atoms with Crippen LogP contribution in [0.4, 0.5) is 13.2 Å². The summed E-state index contributed by atoms with van der Waals surface area (Å²) in [6, 6.07) is 6.01. The highest BCUT2D eigenvalue weighted by molar-refractivity contribution is 5.94. The van der Waals surface area contributed by atoms with E-state index in [1.54, 1.807) is 20.0 Å². The number of hydrogen-bond acceptors (Lipinski definition) is 6. The quantitative estimate of drug-likeness (QED) is 0.564. The first-order valence-electron chi connectivity index (χ1n) is 8.83. The number of halogens is 3. The number of aliphatic hydroxyl groups excluding tert-OH is 1. The third-order valence-corrected chi connectivity index (χ3v) is 4.05. The Labute approximate surface area is 169 Å². The molecule has 0 aliphatic rings. The summed E-state index contributed by atoms with van der Waals surface area (Å²) in [6.45, 7) is 3.15. The number of aryl methyl sites for hydroxylation is 1. The van der Waals surface area contributed by atoms with Gasteiger partial charge in [-0.2, -0.15) is 5.10 Å². The van der Waals surface area contributed by atoms with Crippen LogP contribution in [-0.4, -0.2) is 50.2 Å². The van der Waals surface area contributed by atoms with E-state index in [2.05, 4.69) is 30.2 Å². The third-order valence-electron chi connectivity index (χ3n) is 4.05. The van der Waals surface area contributed by atoms with Crippen molar-refractivity contribution in [1.82, 2.24) is 25.5 Å². The molecule has 1 aromatic carbocycles. The topological polar surface area (TPSA) is 113 Å². The number of ether oxygens (including phenoxy) is 1. The number of H-pyrrole nitrogens is 1. The predicted molar refractivity (Wildman–Crippen MR) is 100 cm³/mol. The average molecular weight is 421 g/mol. The van der Waals surface area contributed by atoms with E-state index in [0.717, 1.165) is 17.7 Å². The molecule has 0 unspecified atom stereocenters. The summed E-state index contributed by atoms with van der Waals surface area (Å²) < 4.78 is 41.0. The molecule has 2 aromatic heterocycles. The van der Waals surface area contributed by atoms with Gasteiger partial charge in [0.15, 0.2) is 5.82 Å². The Morgan fingerprint density at radius 2 is 1.97 bits per heavy atom. The summed E-state index contributed by atoms with van der Waals surface area (Å²) in [5, 5.41) is 18.4. The Bertz CT molecular complexity index is 1030. The molecule has 0 spiro atoms. The van der Waals surface area contributed by atoms with Crippen LogP contribution in [0.2, 0.25) is 0 Å². The second-order valence-corrected chi connectivity index (χ2v) is 6.52. The summed E-state index contributed by atoms with van der Waals surface area (Å²) in [6.07, 6.45) is -3.22. The standard InChI is InChI=1S/C19H18F3N5O3/c1-10-8-23-27-16(10)17-25-14(7-15(26-17)18(29)24-11(2)9-28)12-3-5-13(6-4-12)30-19(20,21)22/h3-8,11,28H,9H2,1-2H3,(H,23,27)(H,24,29)/t11-/m0/s1. The number of amides is 1. The number of rotatable bonds is 6. The number of nitrogens with one attached hydrogen (secondary N) is 2. The van der Waals surface area contributed by atoms with E-state index in [-0.39, 0.29) is 23.9 Å². The van der Waals surface area contributed by atoms with Gasteiger partial charge in [-0.1, -0.05) is 0 Å². The summed E-state index contributed by atoms with van der Waals surface area (Å²) in [4.78, 5) is 21.2. The van der Waals surface area contributed by atoms with Crippen molar-refractivity contribution in [3.63, 3.8) is 0 Å². The van der Waals surface area contributed by atoms with Gasteiger partial charge in [0.2, 0.25) is 0 Å². The number of nitrogens with zero attached hydrogens (tertiary/aromatic N) is 3. The maximum absolute atomic E-state index is 12.5. The average Bonchev–Trinajstić information content (AvgIpc) is 3.12. The molecule has 1 atom stereocenters. The van der Waals surface area contributed by atoms with Crippen LogP contribution in [0.25, 0.3) is 22.8 Å². The van der Waals surface area contributed by atoms with Crippen LogP contribution >= 0.6 is 0 Å². The highest BCUT2D eigenvalue weighted by Gasteiger charge is 2.31. The van der Waals surface area contributed by atoms with E-state index in [4.69, 9.17) is 5.11 Å². The summed E-state index contributed by atoms with van der Waals surface area (Å²) >= 11 is 0. The summed E-state index contributed by atoms with van der Waals surface area (Å²) in [5.74, 6) is -0.713. The van der Waals surface area contributed by atoms with E-state index in [1.165, 1.54) is 18.2 Å². The molecule has 0 aliphatic heterocycles. The number of carbonyl (C=O) groups is 1. The lowest BCUT2D eigenvalue weighted by Gasteiger charge is -2.13. The van der Waals surface area contributed by atoms with Crippen LogP contribution in [0, 0.1) is 6.92 Å². The Hall–Kier alpha value is -3.47. The molecule has 0 saturated heterocycles. The van der Waals surface area contributed by atoms with Gasteiger partial charge in [-0.05, 0) is 49.7 Å². The maximum Gasteiger partial charge on any atom is 0.573 e. The van der Waals surface area contributed by atoms with Crippen molar-refractivity contribution in [1.29, 1.82) is 0 Å². The first-order valence-corrected chi connectivity index (χ1v) is 8.83. The molecule has 0 saturated carbocycles. The van der Waals surface area contributed by atoms with Crippen LogP contribution in [-0.2, 0) is 0 Å². The zero-order chi connectivity index (χ0) is 21.9. The zero-order valence-electron chi connectivity index (χ0n) is 16.0. The van der Waals surface area contributed by atoms with E-state index in [9.17, 15) is 18.0 Å². The van der Waals surface area contributed by atoms with Crippen LogP contribution in [0.1, 0.15) is 23.0 Å². The molecule has 3 N–H and O–H groups in total. The van der Waals surface area contributed by atoms with E-state index in [1.807, 2.05) is 0 Å². The molecule has 30 heavy (non-hydrogen) atoms. The monoisotopic (exact) mass is 421 g/mol. The maximum atomic E-state index is 12.5. The number of aromatic amines is 1. The van der Waals surface area contributed by atoms with Crippen molar-refractivity contribution >= 4 is 5.91 Å². The molecule has 0 radical (unpaired) electrons. The first kappa shape index (κ1) is 21.2. The minimum Gasteiger partial charge on any atom is -0.406 e. The van der Waals surface area contributed by atoms with Gasteiger partial charge in [-0.3, -0.25) is 9.89 Å². The fraction of sp³-hybridized carbons (Fsp3) is 0.263.